The molecule has 1 fully saturated rings. The monoisotopic (exact) mass is 574 g/mol. The summed E-state index contributed by atoms with van der Waals surface area (Å²) in [6.45, 7) is 3.41. The van der Waals surface area contributed by atoms with E-state index in [0.29, 0.717) is 30.4 Å². The average Bonchev–Trinajstić information content (AvgIpc) is 3.50. The van der Waals surface area contributed by atoms with E-state index in [-0.39, 0.29) is 35.6 Å². The molecular weight excluding hydrogens is 543 g/mol. The van der Waals surface area contributed by atoms with E-state index in [2.05, 4.69) is 50.9 Å². The Balaban J connectivity index is 0.00000274. The molecule has 3 aromatic rings. The normalized spacial score (nSPS) is 18.6. The summed E-state index contributed by atoms with van der Waals surface area (Å²) >= 11 is 0. The number of nitrogens with zero attached hydrogens (tertiary/aromatic N) is 4. The quantitative estimate of drug-likeness (QED) is 0.251. The molecule has 0 bridgehead atoms. The van der Waals surface area contributed by atoms with Gasteiger partial charge in [-0.25, -0.2) is 0 Å². The number of aromatic nitrogens is 3. The Labute approximate surface area is 217 Å². The van der Waals surface area contributed by atoms with E-state index in [1.54, 1.807) is 6.20 Å². The Hall–Kier alpha value is -2.69. The molecule has 1 aliphatic heterocycles. The molecule has 1 unspecified atom stereocenters. The van der Waals surface area contributed by atoms with Crippen molar-refractivity contribution < 1.29 is 9.26 Å². The summed E-state index contributed by atoms with van der Waals surface area (Å²) in [6, 6.07) is 14.1. The zero-order valence-corrected chi connectivity index (χ0v) is 21.7. The van der Waals surface area contributed by atoms with Crippen LogP contribution in [0.5, 0.6) is 5.75 Å². The summed E-state index contributed by atoms with van der Waals surface area (Å²) < 4.78 is 11.9. The maximum atomic E-state index is 6.50. The van der Waals surface area contributed by atoms with Crippen molar-refractivity contribution in [3.8, 4) is 17.3 Å². The van der Waals surface area contributed by atoms with Gasteiger partial charge in [-0.1, -0.05) is 29.4 Å². The van der Waals surface area contributed by atoms with Crippen LogP contribution in [-0.2, 0) is 6.42 Å². The molecule has 1 atom stereocenters. The van der Waals surface area contributed by atoms with Crippen molar-refractivity contribution in [2.45, 2.75) is 57.1 Å². The number of nitrogens with one attached hydrogen (secondary N) is 2. The molecule has 1 aromatic carbocycles. The molecule has 1 saturated carbocycles. The maximum Gasteiger partial charge on any atom is 0.276 e. The fourth-order valence-corrected chi connectivity index (χ4v) is 4.77. The van der Waals surface area contributed by atoms with Crippen molar-refractivity contribution in [1.29, 1.82) is 0 Å². The van der Waals surface area contributed by atoms with Crippen LogP contribution in [0.15, 0.2) is 58.2 Å². The molecule has 5 rings (SSSR count). The Morgan fingerprint density at radius 3 is 2.76 bits per heavy atom. The first-order valence-corrected chi connectivity index (χ1v) is 11.8. The minimum absolute atomic E-state index is 0. The van der Waals surface area contributed by atoms with Gasteiger partial charge in [-0.05, 0) is 50.8 Å². The number of hydrogen-bond acceptors (Lipinski definition) is 6. The maximum absolute atomic E-state index is 6.50. The van der Waals surface area contributed by atoms with Gasteiger partial charge in [0.1, 0.15) is 17.0 Å². The van der Waals surface area contributed by atoms with Crippen LogP contribution in [0.2, 0.25) is 0 Å². The standard InChI is InChI=1S/C25H30N6O2.HI/c1-2-26-24(28-16-12-22-30-23(33-31-22)19-10-5-8-15-27-19)29-20-17-25(13-6-7-14-25)32-21-11-4-3-9-18(20)21;/h3-5,8-11,15,20H,2,6-7,12-14,16-17H2,1H3,(H2,26,28,29);1H. The SMILES string of the molecule is CCNC(=NCCc1noc(-c2ccccn2)n1)NC1CC2(CCCC2)Oc2ccccc21.I. The number of pyridine rings is 1. The first-order chi connectivity index (χ1) is 16.2. The Morgan fingerprint density at radius 2 is 1.97 bits per heavy atom. The lowest BCUT2D eigenvalue weighted by atomic mass is 9.86. The number of para-hydroxylation sites is 1. The molecule has 8 nitrogen and oxygen atoms in total. The molecule has 180 valence electrons. The number of halogens is 1. The summed E-state index contributed by atoms with van der Waals surface area (Å²) in [6.07, 6.45) is 7.94. The van der Waals surface area contributed by atoms with Crippen LogP contribution < -0.4 is 15.4 Å². The van der Waals surface area contributed by atoms with Gasteiger partial charge < -0.3 is 19.9 Å². The van der Waals surface area contributed by atoms with E-state index in [9.17, 15) is 0 Å². The van der Waals surface area contributed by atoms with Crippen LogP contribution in [0.4, 0.5) is 0 Å². The molecule has 3 heterocycles. The van der Waals surface area contributed by atoms with Gasteiger partial charge in [0.25, 0.3) is 5.89 Å². The van der Waals surface area contributed by atoms with Crippen molar-refractivity contribution in [2.24, 2.45) is 4.99 Å². The summed E-state index contributed by atoms with van der Waals surface area (Å²) in [4.78, 5) is 13.5. The molecule has 2 aliphatic rings. The summed E-state index contributed by atoms with van der Waals surface area (Å²) in [7, 11) is 0. The fraction of sp³-hybridized carbons (Fsp3) is 0.440. The first-order valence-electron chi connectivity index (χ1n) is 11.8. The Kier molecular flexibility index (Phi) is 8.02. The van der Waals surface area contributed by atoms with E-state index >= 15 is 0 Å². The topological polar surface area (TPSA) is 97.5 Å². The molecule has 0 saturated heterocycles. The highest BCUT2D eigenvalue weighted by Crippen LogP contribution is 2.46. The number of rotatable bonds is 6. The lowest BCUT2D eigenvalue weighted by Gasteiger charge is -2.40. The molecule has 9 heteroatoms. The highest BCUT2D eigenvalue weighted by Gasteiger charge is 2.43. The lowest BCUT2D eigenvalue weighted by Crippen LogP contribution is -2.46. The van der Waals surface area contributed by atoms with Gasteiger partial charge in [-0.15, -0.1) is 24.0 Å². The largest absolute Gasteiger partial charge is 0.487 e. The van der Waals surface area contributed by atoms with Gasteiger partial charge in [0.15, 0.2) is 11.8 Å². The van der Waals surface area contributed by atoms with E-state index in [4.69, 9.17) is 14.3 Å². The summed E-state index contributed by atoms with van der Waals surface area (Å²) in [5, 5.41) is 11.1. The Morgan fingerprint density at radius 1 is 1.15 bits per heavy atom. The molecule has 2 aromatic heterocycles. The summed E-state index contributed by atoms with van der Waals surface area (Å²) in [5.41, 5.74) is 1.81. The van der Waals surface area contributed by atoms with Crippen LogP contribution in [0.3, 0.4) is 0 Å². The first kappa shape index (κ1) is 24.4. The predicted molar refractivity (Wildman–Crippen MR) is 141 cm³/mol. The molecule has 0 radical (unpaired) electrons. The zero-order chi connectivity index (χ0) is 22.5. The molecule has 1 spiro atoms. The second-order valence-corrected chi connectivity index (χ2v) is 8.67. The fourth-order valence-electron chi connectivity index (χ4n) is 4.77. The minimum Gasteiger partial charge on any atom is -0.487 e. The van der Waals surface area contributed by atoms with E-state index in [0.717, 1.165) is 37.5 Å². The van der Waals surface area contributed by atoms with Crippen LogP contribution in [-0.4, -0.2) is 39.8 Å². The van der Waals surface area contributed by atoms with Crippen molar-refractivity contribution >= 4 is 29.9 Å². The average molecular weight is 574 g/mol. The number of fused-ring (bicyclic) bond motifs is 1. The molecule has 0 amide bonds. The zero-order valence-electron chi connectivity index (χ0n) is 19.4. The highest BCUT2D eigenvalue weighted by atomic mass is 127. The number of benzene rings is 1. The third kappa shape index (κ3) is 5.51. The van der Waals surface area contributed by atoms with Crippen LogP contribution in [0, 0.1) is 0 Å². The van der Waals surface area contributed by atoms with Gasteiger partial charge in [0.05, 0.1) is 6.04 Å². The number of guanidine groups is 1. The van der Waals surface area contributed by atoms with E-state index < -0.39 is 0 Å². The predicted octanol–water partition coefficient (Wildman–Crippen LogP) is 4.68. The highest BCUT2D eigenvalue weighted by molar-refractivity contribution is 14.0. The number of ether oxygens (including phenoxy) is 1. The van der Waals surface area contributed by atoms with Gasteiger partial charge >= 0.3 is 0 Å². The van der Waals surface area contributed by atoms with Crippen LogP contribution >= 0.6 is 24.0 Å². The van der Waals surface area contributed by atoms with Gasteiger partial charge in [0.2, 0.25) is 0 Å². The third-order valence-corrected chi connectivity index (χ3v) is 6.32. The van der Waals surface area contributed by atoms with Crippen molar-refractivity contribution in [2.75, 3.05) is 13.1 Å². The molecular formula is C25H31IN6O2. The smallest absolute Gasteiger partial charge is 0.276 e. The minimum atomic E-state index is -0.0597. The van der Waals surface area contributed by atoms with E-state index in [1.807, 2.05) is 24.3 Å². The number of aliphatic imine (C=N–C) groups is 1. The van der Waals surface area contributed by atoms with Crippen LogP contribution in [0.25, 0.3) is 11.6 Å². The lowest BCUT2D eigenvalue weighted by molar-refractivity contribution is 0.0396. The van der Waals surface area contributed by atoms with Gasteiger partial charge in [-0.3, -0.25) is 9.98 Å². The molecule has 2 N–H and O–H groups in total. The number of hydrogen-bond donors (Lipinski definition) is 2. The van der Waals surface area contributed by atoms with Crippen molar-refractivity contribution in [3.05, 3.63) is 60.0 Å². The van der Waals surface area contributed by atoms with Gasteiger partial charge in [0, 0.05) is 37.7 Å². The van der Waals surface area contributed by atoms with Gasteiger partial charge in [-0.2, -0.15) is 4.98 Å². The van der Waals surface area contributed by atoms with Crippen molar-refractivity contribution in [3.63, 3.8) is 0 Å². The van der Waals surface area contributed by atoms with E-state index in [1.165, 1.54) is 18.4 Å². The third-order valence-electron chi connectivity index (χ3n) is 6.32. The van der Waals surface area contributed by atoms with Crippen LogP contribution in [0.1, 0.15) is 56.5 Å². The molecule has 1 aliphatic carbocycles. The summed E-state index contributed by atoms with van der Waals surface area (Å²) in [5.74, 6) is 2.84. The second-order valence-electron chi connectivity index (χ2n) is 8.67. The Bertz CT molecular complexity index is 1100. The second kappa shape index (κ2) is 11.2. The molecule has 34 heavy (non-hydrogen) atoms. The van der Waals surface area contributed by atoms with Crippen molar-refractivity contribution in [1.82, 2.24) is 25.8 Å².